The lowest BCUT2D eigenvalue weighted by Crippen LogP contribution is -2.06. The first-order valence-electron chi connectivity index (χ1n) is 6.27. The fourth-order valence-corrected chi connectivity index (χ4v) is 1.99. The number of carboxylic acid groups (broad SMARTS) is 1. The normalized spacial score (nSPS) is 10.2. The van der Waals surface area contributed by atoms with Crippen LogP contribution in [0.4, 0.5) is 5.69 Å². The van der Waals surface area contributed by atoms with E-state index >= 15 is 0 Å². The first-order valence-corrected chi connectivity index (χ1v) is 6.27. The first kappa shape index (κ1) is 14.7. The number of carboxylic acids is 1. The van der Waals surface area contributed by atoms with E-state index in [4.69, 9.17) is 14.6 Å². The molecular weight excluding hydrogens is 274 g/mol. The number of ether oxygens (including phenoxy) is 2. The van der Waals surface area contributed by atoms with Gasteiger partial charge in [-0.25, -0.2) is 4.79 Å². The SMILES string of the molecule is COc1ccc(OC)c(CNc2cn(C)nc2C(=O)O)c1. The number of rotatable bonds is 6. The molecule has 0 fully saturated rings. The topological polar surface area (TPSA) is 85.6 Å². The van der Waals surface area contributed by atoms with Gasteiger partial charge < -0.3 is 19.9 Å². The highest BCUT2D eigenvalue weighted by Crippen LogP contribution is 2.25. The number of anilines is 1. The van der Waals surface area contributed by atoms with Gasteiger partial charge in [0, 0.05) is 25.4 Å². The third kappa shape index (κ3) is 3.25. The summed E-state index contributed by atoms with van der Waals surface area (Å²) in [7, 11) is 4.84. The van der Waals surface area contributed by atoms with Crippen LogP contribution in [0.1, 0.15) is 16.1 Å². The molecule has 1 heterocycles. The summed E-state index contributed by atoms with van der Waals surface area (Å²) in [5.74, 6) is 0.331. The van der Waals surface area contributed by atoms with E-state index in [1.165, 1.54) is 4.68 Å². The number of hydrogen-bond acceptors (Lipinski definition) is 5. The summed E-state index contributed by atoms with van der Waals surface area (Å²) in [6, 6.07) is 5.44. The second-order valence-corrected chi connectivity index (χ2v) is 4.40. The van der Waals surface area contributed by atoms with Crippen molar-refractivity contribution in [1.29, 1.82) is 0 Å². The molecule has 2 aromatic rings. The van der Waals surface area contributed by atoms with Gasteiger partial charge in [-0.3, -0.25) is 4.68 Å². The third-order valence-corrected chi connectivity index (χ3v) is 2.99. The fourth-order valence-electron chi connectivity index (χ4n) is 1.99. The number of methoxy groups -OCH3 is 2. The molecule has 7 heteroatoms. The number of hydrogen-bond donors (Lipinski definition) is 2. The molecule has 0 saturated carbocycles. The average molecular weight is 291 g/mol. The van der Waals surface area contributed by atoms with Crippen LogP contribution in [0.2, 0.25) is 0 Å². The van der Waals surface area contributed by atoms with E-state index in [1.807, 2.05) is 6.07 Å². The van der Waals surface area contributed by atoms with Crippen LogP contribution in [0.5, 0.6) is 11.5 Å². The lowest BCUT2D eigenvalue weighted by Gasteiger charge is -2.11. The predicted octanol–water partition coefficient (Wildman–Crippen LogP) is 1.75. The van der Waals surface area contributed by atoms with Crippen molar-refractivity contribution in [3.8, 4) is 11.5 Å². The molecule has 0 unspecified atom stereocenters. The maximum atomic E-state index is 11.1. The summed E-state index contributed by atoms with van der Waals surface area (Å²) in [5, 5.41) is 16.1. The van der Waals surface area contributed by atoms with Crippen LogP contribution in [0.3, 0.4) is 0 Å². The number of carbonyl (C=O) groups is 1. The van der Waals surface area contributed by atoms with Gasteiger partial charge in [-0.15, -0.1) is 0 Å². The average Bonchev–Trinajstić information content (AvgIpc) is 2.86. The van der Waals surface area contributed by atoms with Crippen molar-refractivity contribution < 1.29 is 19.4 Å². The maximum absolute atomic E-state index is 11.1. The van der Waals surface area contributed by atoms with Gasteiger partial charge in [0.1, 0.15) is 11.5 Å². The van der Waals surface area contributed by atoms with E-state index in [2.05, 4.69) is 10.4 Å². The van der Waals surface area contributed by atoms with Crippen molar-refractivity contribution in [3.63, 3.8) is 0 Å². The zero-order valence-corrected chi connectivity index (χ0v) is 12.1. The third-order valence-electron chi connectivity index (χ3n) is 2.99. The van der Waals surface area contributed by atoms with Crippen LogP contribution in [-0.2, 0) is 13.6 Å². The smallest absolute Gasteiger partial charge is 0.358 e. The van der Waals surface area contributed by atoms with Gasteiger partial charge in [0.2, 0.25) is 0 Å². The highest BCUT2D eigenvalue weighted by Gasteiger charge is 2.15. The van der Waals surface area contributed by atoms with Gasteiger partial charge in [0.25, 0.3) is 0 Å². The Balaban J connectivity index is 2.21. The summed E-state index contributed by atoms with van der Waals surface area (Å²) in [6.45, 7) is 0.395. The van der Waals surface area contributed by atoms with Crippen LogP contribution >= 0.6 is 0 Å². The molecule has 0 amide bonds. The highest BCUT2D eigenvalue weighted by atomic mass is 16.5. The Morgan fingerprint density at radius 3 is 2.76 bits per heavy atom. The molecule has 21 heavy (non-hydrogen) atoms. The molecule has 0 aliphatic carbocycles. The second-order valence-electron chi connectivity index (χ2n) is 4.40. The monoisotopic (exact) mass is 291 g/mol. The Bertz CT molecular complexity index is 652. The Morgan fingerprint density at radius 2 is 2.14 bits per heavy atom. The van der Waals surface area contributed by atoms with Gasteiger partial charge in [0.05, 0.1) is 19.9 Å². The maximum Gasteiger partial charge on any atom is 0.358 e. The number of aromatic nitrogens is 2. The van der Waals surface area contributed by atoms with Crippen LogP contribution in [0.25, 0.3) is 0 Å². The number of benzene rings is 1. The van der Waals surface area contributed by atoms with E-state index in [0.29, 0.717) is 23.7 Å². The standard InChI is InChI=1S/C14H17N3O4/c1-17-8-11(13(16-17)14(18)19)15-7-9-6-10(20-2)4-5-12(9)21-3/h4-6,8,15H,7H2,1-3H3,(H,18,19). The van der Waals surface area contributed by atoms with Gasteiger partial charge in [-0.2, -0.15) is 5.10 Å². The van der Waals surface area contributed by atoms with Crippen molar-refractivity contribution in [1.82, 2.24) is 9.78 Å². The summed E-state index contributed by atoms with van der Waals surface area (Å²) in [5.41, 5.74) is 1.30. The van der Waals surface area contributed by atoms with Crippen molar-refractivity contribution in [2.45, 2.75) is 6.54 Å². The summed E-state index contributed by atoms with van der Waals surface area (Å²) < 4.78 is 11.9. The molecule has 1 aromatic heterocycles. The molecule has 0 bridgehead atoms. The predicted molar refractivity (Wildman–Crippen MR) is 77.0 cm³/mol. The Morgan fingerprint density at radius 1 is 1.38 bits per heavy atom. The Kier molecular flexibility index (Phi) is 4.32. The minimum atomic E-state index is -1.07. The van der Waals surface area contributed by atoms with Crippen LogP contribution < -0.4 is 14.8 Å². The molecule has 2 rings (SSSR count). The molecule has 0 atom stereocenters. The Labute approximate surface area is 122 Å². The molecule has 7 nitrogen and oxygen atoms in total. The number of aromatic carboxylic acids is 1. The summed E-state index contributed by atoms with van der Waals surface area (Å²) in [4.78, 5) is 11.1. The molecule has 0 aliphatic heterocycles. The largest absolute Gasteiger partial charge is 0.497 e. The molecule has 1 aromatic carbocycles. The second kappa shape index (κ2) is 6.17. The van der Waals surface area contributed by atoms with Gasteiger partial charge in [0.15, 0.2) is 5.69 Å². The van der Waals surface area contributed by atoms with E-state index in [1.54, 1.807) is 39.6 Å². The first-order chi connectivity index (χ1) is 10.0. The van der Waals surface area contributed by atoms with E-state index in [0.717, 1.165) is 5.56 Å². The van der Waals surface area contributed by atoms with Crippen molar-refractivity contribution in [2.24, 2.45) is 7.05 Å². The van der Waals surface area contributed by atoms with Gasteiger partial charge in [-0.05, 0) is 18.2 Å². The molecule has 0 spiro atoms. The van der Waals surface area contributed by atoms with Crippen LogP contribution in [-0.4, -0.2) is 35.1 Å². The van der Waals surface area contributed by atoms with Crippen LogP contribution in [0, 0.1) is 0 Å². The minimum absolute atomic E-state index is 0.0145. The number of nitrogens with zero attached hydrogens (tertiary/aromatic N) is 2. The van der Waals surface area contributed by atoms with Crippen LogP contribution in [0.15, 0.2) is 24.4 Å². The molecule has 2 N–H and O–H groups in total. The highest BCUT2D eigenvalue weighted by molar-refractivity contribution is 5.91. The minimum Gasteiger partial charge on any atom is -0.497 e. The fraction of sp³-hybridized carbons (Fsp3) is 0.286. The van der Waals surface area contributed by atoms with Gasteiger partial charge in [-0.1, -0.05) is 0 Å². The number of nitrogens with one attached hydrogen (secondary N) is 1. The zero-order chi connectivity index (χ0) is 15.4. The molecule has 0 saturated heterocycles. The molecule has 0 radical (unpaired) electrons. The zero-order valence-electron chi connectivity index (χ0n) is 12.1. The summed E-state index contributed by atoms with van der Waals surface area (Å²) in [6.07, 6.45) is 1.62. The van der Waals surface area contributed by atoms with Gasteiger partial charge >= 0.3 is 5.97 Å². The molecule has 0 aliphatic rings. The van der Waals surface area contributed by atoms with Crippen molar-refractivity contribution in [2.75, 3.05) is 19.5 Å². The quantitative estimate of drug-likeness (QED) is 0.843. The Hall–Kier alpha value is -2.70. The molecule has 112 valence electrons. The lowest BCUT2D eigenvalue weighted by molar-refractivity contribution is 0.0690. The summed E-state index contributed by atoms with van der Waals surface area (Å²) >= 11 is 0. The van der Waals surface area contributed by atoms with Crippen molar-refractivity contribution >= 4 is 11.7 Å². The van der Waals surface area contributed by atoms with E-state index in [-0.39, 0.29) is 5.69 Å². The van der Waals surface area contributed by atoms with Crippen molar-refractivity contribution in [3.05, 3.63) is 35.7 Å². The van der Waals surface area contributed by atoms with E-state index < -0.39 is 5.97 Å². The number of aryl methyl sites for hydroxylation is 1. The van der Waals surface area contributed by atoms with E-state index in [9.17, 15) is 4.79 Å². The lowest BCUT2D eigenvalue weighted by atomic mass is 10.2. The molecular formula is C14H17N3O4.